The molecular weight excluding hydrogens is 210 g/mol. The first kappa shape index (κ1) is 11.9. The monoisotopic (exact) mass is 229 g/mol. The van der Waals surface area contributed by atoms with Crippen molar-refractivity contribution in [2.24, 2.45) is 5.41 Å². The highest BCUT2D eigenvalue weighted by atomic mass is 16.2. The molecule has 0 N–H and O–H groups in total. The Labute approximate surface area is 103 Å². The van der Waals surface area contributed by atoms with Gasteiger partial charge >= 0.3 is 0 Å². The quantitative estimate of drug-likeness (QED) is 0.563. The molecule has 1 fully saturated rings. The molecule has 1 aromatic rings. The molecule has 1 aliphatic heterocycles. The SMILES string of the molecule is C/C=C/C1N(c2ccc(C)cc2)C(=O)C1(C)C. The topological polar surface area (TPSA) is 20.3 Å². The van der Waals surface area contributed by atoms with Gasteiger partial charge in [0, 0.05) is 5.69 Å². The minimum Gasteiger partial charge on any atom is -0.304 e. The number of carbonyl (C=O) groups excluding carboxylic acids is 1. The predicted molar refractivity (Wildman–Crippen MR) is 71.0 cm³/mol. The van der Waals surface area contributed by atoms with Crippen LogP contribution in [-0.4, -0.2) is 11.9 Å². The highest BCUT2D eigenvalue weighted by molar-refractivity contribution is 6.06. The number of carbonyl (C=O) groups is 1. The number of rotatable bonds is 2. The third-order valence-electron chi connectivity index (χ3n) is 3.47. The Morgan fingerprint density at radius 1 is 1.24 bits per heavy atom. The van der Waals surface area contributed by atoms with E-state index in [9.17, 15) is 4.79 Å². The van der Waals surface area contributed by atoms with Crippen LogP contribution < -0.4 is 4.90 Å². The van der Waals surface area contributed by atoms with Crippen LogP contribution in [0.3, 0.4) is 0 Å². The zero-order valence-corrected chi connectivity index (χ0v) is 10.9. The van der Waals surface area contributed by atoms with Crippen LogP contribution in [0.5, 0.6) is 0 Å². The molecule has 0 radical (unpaired) electrons. The van der Waals surface area contributed by atoms with Crippen molar-refractivity contribution in [1.82, 2.24) is 0 Å². The van der Waals surface area contributed by atoms with Gasteiger partial charge in [0.1, 0.15) is 0 Å². The van der Waals surface area contributed by atoms with E-state index in [1.807, 2.05) is 56.0 Å². The summed E-state index contributed by atoms with van der Waals surface area (Å²) in [7, 11) is 0. The number of hydrogen-bond acceptors (Lipinski definition) is 1. The lowest BCUT2D eigenvalue weighted by atomic mass is 9.73. The second-order valence-corrected chi connectivity index (χ2v) is 5.20. The molecule has 1 aliphatic rings. The van der Waals surface area contributed by atoms with Crippen molar-refractivity contribution in [2.45, 2.75) is 33.7 Å². The largest absolute Gasteiger partial charge is 0.304 e. The van der Waals surface area contributed by atoms with Gasteiger partial charge in [-0.1, -0.05) is 29.8 Å². The van der Waals surface area contributed by atoms with E-state index >= 15 is 0 Å². The Morgan fingerprint density at radius 2 is 1.82 bits per heavy atom. The van der Waals surface area contributed by atoms with E-state index in [4.69, 9.17) is 0 Å². The van der Waals surface area contributed by atoms with E-state index in [0.29, 0.717) is 0 Å². The maximum absolute atomic E-state index is 12.1. The number of benzene rings is 1. The van der Waals surface area contributed by atoms with Crippen molar-refractivity contribution < 1.29 is 4.79 Å². The predicted octanol–water partition coefficient (Wildman–Crippen LogP) is 3.31. The minimum atomic E-state index is -0.280. The third-order valence-corrected chi connectivity index (χ3v) is 3.47. The van der Waals surface area contributed by atoms with Gasteiger partial charge in [-0.25, -0.2) is 0 Å². The van der Waals surface area contributed by atoms with Crippen LogP contribution in [0, 0.1) is 12.3 Å². The normalized spacial score (nSPS) is 22.9. The third kappa shape index (κ3) is 1.78. The molecule has 17 heavy (non-hydrogen) atoms. The second kappa shape index (κ2) is 4.02. The summed E-state index contributed by atoms with van der Waals surface area (Å²) in [5, 5.41) is 0. The van der Waals surface area contributed by atoms with Gasteiger partial charge in [0.2, 0.25) is 5.91 Å². The number of nitrogens with zero attached hydrogens (tertiary/aromatic N) is 1. The summed E-state index contributed by atoms with van der Waals surface area (Å²) in [5.74, 6) is 0.199. The van der Waals surface area contributed by atoms with Gasteiger partial charge in [-0.3, -0.25) is 4.79 Å². The Hall–Kier alpha value is -1.57. The smallest absolute Gasteiger partial charge is 0.235 e. The fourth-order valence-corrected chi connectivity index (χ4v) is 2.31. The molecule has 0 saturated carbocycles. The molecule has 2 rings (SSSR count). The van der Waals surface area contributed by atoms with E-state index in [1.165, 1.54) is 5.56 Å². The van der Waals surface area contributed by atoms with Gasteiger partial charge in [0.15, 0.2) is 0 Å². The second-order valence-electron chi connectivity index (χ2n) is 5.20. The molecule has 0 bridgehead atoms. The van der Waals surface area contributed by atoms with Crippen LogP contribution in [0.2, 0.25) is 0 Å². The maximum Gasteiger partial charge on any atom is 0.235 e. The number of hydrogen-bond donors (Lipinski definition) is 0. The van der Waals surface area contributed by atoms with Crippen molar-refractivity contribution in [3.05, 3.63) is 42.0 Å². The Kier molecular flexibility index (Phi) is 2.82. The van der Waals surface area contributed by atoms with Crippen LogP contribution in [0.4, 0.5) is 5.69 Å². The Bertz CT molecular complexity index is 456. The summed E-state index contributed by atoms with van der Waals surface area (Å²) in [6, 6.07) is 8.28. The first-order chi connectivity index (χ1) is 7.98. The van der Waals surface area contributed by atoms with Gasteiger partial charge in [-0.15, -0.1) is 0 Å². The van der Waals surface area contributed by atoms with Crippen molar-refractivity contribution in [2.75, 3.05) is 4.90 Å². The molecule has 0 aromatic heterocycles. The van der Waals surface area contributed by atoms with Gasteiger partial charge in [0.25, 0.3) is 0 Å². The van der Waals surface area contributed by atoms with Gasteiger partial charge in [0.05, 0.1) is 11.5 Å². The fraction of sp³-hybridized carbons (Fsp3) is 0.400. The highest BCUT2D eigenvalue weighted by Crippen LogP contribution is 2.42. The number of aryl methyl sites for hydroxylation is 1. The van der Waals surface area contributed by atoms with Crippen molar-refractivity contribution in [3.8, 4) is 0 Å². The van der Waals surface area contributed by atoms with Crippen LogP contribution in [0.1, 0.15) is 26.3 Å². The average molecular weight is 229 g/mol. The molecule has 2 nitrogen and oxygen atoms in total. The zero-order chi connectivity index (χ0) is 12.6. The van der Waals surface area contributed by atoms with Gasteiger partial charge in [-0.2, -0.15) is 0 Å². The van der Waals surface area contributed by atoms with E-state index in [-0.39, 0.29) is 17.4 Å². The molecule has 1 amide bonds. The lowest BCUT2D eigenvalue weighted by molar-refractivity contribution is -0.135. The molecule has 2 heteroatoms. The minimum absolute atomic E-state index is 0.169. The summed E-state index contributed by atoms with van der Waals surface area (Å²) in [6.45, 7) is 8.05. The van der Waals surface area contributed by atoms with Crippen LogP contribution >= 0.6 is 0 Å². The van der Waals surface area contributed by atoms with Crippen LogP contribution in [0.25, 0.3) is 0 Å². The summed E-state index contributed by atoms with van der Waals surface area (Å²) < 4.78 is 0. The van der Waals surface area contributed by atoms with Crippen molar-refractivity contribution >= 4 is 11.6 Å². The Balaban J connectivity index is 2.33. The Morgan fingerprint density at radius 3 is 2.35 bits per heavy atom. The van der Waals surface area contributed by atoms with Crippen molar-refractivity contribution in [3.63, 3.8) is 0 Å². The van der Waals surface area contributed by atoms with E-state index in [0.717, 1.165) is 5.69 Å². The molecular formula is C15H19NO. The molecule has 0 aliphatic carbocycles. The van der Waals surface area contributed by atoms with Crippen LogP contribution in [-0.2, 0) is 4.79 Å². The molecule has 1 unspecified atom stereocenters. The maximum atomic E-state index is 12.1. The zero-order valence-electron chi connectivity index (χ0n) is 10.9. The van der Waals surface area contributed by atoms with Gasteiger partial charge < -0.3 is 4.90 Å². The lowest BCUT2D eigenvalue weighted by Gasteiger charge is -2.51. The molecule has 1 saturated heterocycles. The average Bonchev–Trinajstić information content (AvgIpc) is 2.31. The summed E-state index contributed by atoms with van der Waals surface area (Å²) >= 11 is 0. The van der Waals surface area contributed by atoms with E-state index < -0.39 is 0 Å². The highest BCUT2D eigenvalue weighted by Gasteiger charge is 2.53. The summed E-state index contributed by atoms with van der Waals surface area (Å²) in [5.41, 5.74) is 1.92. The molecule has 1 heterocycles. The first-order valence-corrected chi connectivity index (χ1v) is 6.01. The molecule has 1 atom stereocenters. The lowest BCUT2D eigenvalue weighted by Crippen LogP contribution is -2.66. The molecule has 1 aromatic carbocycles. The summed E-state index contributed by atoms with van der Waals surface area (Å²) in [6.07, 6.45) is 4.11. The summed E-state index contributed by atoms with van der Waals surface area (Å²) in [4.78, 5) is 14.0. The van der Waals surface area contributed by atoms with Crippen LogP contribution in [0.15, 0.2) is 36.4 Å². The molecule has 90 valence electrons. The van der Waals surface area contributed by atoms with E-state index in [2.05, 4.69) is 13.0 Å². The van der Waals surface area contributed by atoms with Crippen molar-refractivity contribution in [1.29, 1.82) is 0 Å². The standard InChI is InChI=1S/C15H19NO/c1-5-6-13-15(3,4)14(17)16(13)12-9-7-11(2)8-10-12/h5-10,13H,1-4H3/b6-5+. The van der Waals surface area contributed by atoms with Gasteiger partial charge in [-0.05, 0) is 39.8 Å². The molecule has 0 spiro atoms. The number of anilines is 1. The number of β-lactam (4-membered cyclic amide) rings is 1. The number of allylic oxidation sites excluding steroid dienone is 1. The number of amides is 1. The first-order valence-electron chi connectivity index (χ1n) is 6.01. The van der Waals surface area contributed by atoms with E-state index in [1.54, 1.807) is 0 Å². The fourth-order valence-electron chi connectivity index (χ4n) is 2.31.